The second-order valence-corrected chi connectivity index (χ2v) is 17.4. The van der Waals surface area contributed by atoms with E-state index in [1.54, 1.807) is 0 Å². The Bertz CT molecular complexity index is 2610. The van der Waals surface area contributed by atoms with Crippen LogP contribution in [0.1, 0.15) is 22.3 Å². The molecule has 0 atom stereocenters. The van der Waals surface area contributed by atoms with Crippen LogP contribution in [0.15, 0.2) is 170 Å². The van der Waals surface area contributed by atoms with Gasteiger partial charge in [-0.15, -0.1) is 0 Å². The summed E-state index contributed by atoms with van der Waals surface area (Å²) in [7, 11) is 16.8. The molecule has 0 saturated carbocycles. The van der Waals surface area contributed by atoms with Crippen LogP contribution < -0.4 is 19.6 Å². The zero-order chi connectivity index (χ0) is 42.8. The van der Waals surface area contributed by atoms with Gasteiger partial charge in [0, 0.05) is 79.1 Å². The molecule has 0 heterocycles. The average molecular weight is 805 g/mol. The van der Waals surface area contributed by atoms with E-state index >= 15 is 0 Å². The Labute approximate surface area is 367 Å². The second-order valence-electron chi connectivity index (χ2n) is 17.4. The van der Waals surface area contributed by atoms with Crippen LogP contribution in [0.4, 0.5) is 22.7 Å². The maximum atomic E-state index is 2.36. The fraction of sp³-hybridized carbons (Fsp3) is 0.138. The number of rotatable bonds is 8. The quantitative estimate of drug-likeness (QED) is 0.152. The lowest BCUT2D eigenvalue weighted by atomic mass is 9.89. The van der Waals surface area contributed by atoms with Gasteiger partial charge in [-0.05, 0) is 149 Å². The molecule has 2 aliphatic rings. The SMILES string of the molecule is CN(C)c1ccc(-c2cccc3c2-c2c(cccc2-c2ccc(N(C)C)cc2)C3=C2c3cccc(-c4ccc(N(C)C)cc4)c3-c3c2cccc3-c2ccc(N(C)C)cc2)cc1. The maximum absolute atomic E-state index is 2.36. The van der Waals surface area contributed by atoms with E-state index in [4.69, 9.17) is 0 Å². The monoisotopic (exact) mass is 804 g/mol. The Balaban J connectivity index is 1.30. The molecule has 4 heteroatoms. The number of fused-ring (bicyclic) bond motifs is 6. The molecular weight excluding hydrogens is 753 g/mol. The van der Waals surface area contributed by atoms with E-state index in [9.17, 15) is 0 Å². The smallest absolute Gasteiger partial charge is 0.0361 e. The molecule has 4 nitrogen and oxygen atoms in total. The van der Waals surface area contributed by atoms with Gasteiger partial charge in [-0.2, -0.15) is 0 Å². The summed E-state index contributed by atoms with van der Waals surface area (Å²) in [6.45, 7) is 0. The van der Waals surface area contributed by atoms with Crippen molar-refractivity contribution < 1.29 is 0 Å². The minimum atomic E-state index is 1.18. The Morgan fingerprint density at radius 2 is 0.387 bits per heavy atom. The molecule has 304 valence electrons. The first-order chi connectivity index (χ1) is 30.1. The highest BCUT2D eigenvalue weighted by Crippen LogP contribution is 2.60. The predicted molar refractivity (Wildman–Crippen MR) is 268 cm³/mol. The molecule has 2 aliphatic carbocycles. The van der Waals surface area contributed by atoms with E-state index in [0.717, 1.165) is 0 Å². The van der Waals surface area contributed by atoms with Gasteiger partial charge in [0.25, 0.3) is 0 Å². The molecule has 8 aromatic rings. The van der Waals surface area contributed by atoms with Crippen molar-refractivity contribution in [2.24, 2.45) is 0 Å². The van der Waals surface area contributed by atoms with Gasteiger partial charge in [0.2, 0.25) is 0 Å². The molecule has 0 amide bonds. The van der Waals surface area contributed by atoms with Crippen LogP contribution in [0, 0.1) is 0 Å². The topological polar surface area (TPSA) is 13.0 Å². The highest BCUT2D eigenvalue weighted by molar-refractivity contribution is 6.24. The van der Waals surface area contributed by atoms with Gasteiger partial charge in [0.15, 0.2) is 0 Å². The van der Waals surface area contributed by atoms with Gasteiger partial charge in [0.05, 0.1) is 0 Å². The van der Waals surface area contributed by atoms with Crippen LogP contribution >= 0.6 is 0 Å². The molecular formula is C58H52N4. The Morgan fingerprint density at radius 3 is 0.565 bits per heavy atom. The summed E-state index contributed by atoms with van der Waals surface area (Å²) in [5.74, 6) is 0. The molecule has 0 bridgehead atoms. The van der Waals surface area contributed by atoms with Crippen LogP contribution in [0.25, 0.3) is 77.9 Å². The van der Waals surface area contributed by atoms with Crippen molar-refractivity contribution in [2.45, 2.75) is 0 Å². The number of nitrogens with zero attached hydrogens (tertiary/aromatic N) is 4. The lowest BCUT2D eigenvalue weighted by molar-refractivity contribution is 1.13. The van der Waals surface area contributed by atoms with Crippen molar-refractivity contribution in [3.05, 3.63) is 192 Å². The molecule has 0 N–H and O–H groups in total. The molecule has 0 spiro atoms. The van der Waals surface area contributed by atoms with Crippen LogP contribution in [0.3, 0.4) is 0 Å². The standard InChI is InChI=1S/C58H52N4/c1-59(2)41-29-21-37(22-30-41)45-13-9-17-49-53(45)54-46(38-23-31-42(32-24-38)60(3)4)14-10-18-50(54)57(49)58-51-19-11-15-47(39-25-33-43(34-26-39)61(5)6)55(51)56-48(16-12-20-52(56)58)40-27-35-44(36-28-40)62(7)8/h9-36H,1-8H3. The molecule has 0 unspecified atom stereocenters. The second kappa shape index (κ2) is 15.3. The van der Waals surface area contributed by atoms with E-state index in [1.165, 1.54) is 123 Å². The fourth-order valence-electron chi connectivity index (χ4n) is 9.67. The zero-order valence-corrected chi connectivity index (χ0v) is 37.0. The van der Waals surface area contributed by atoms with Crippen molar-refractivity contribution >= 4 is 33.9 Å². The Hall–Kier alpha value is -7.30. The summed E-state index contributed by atoms with van der Waals surface area (Å²) in [5.41, 5.74) is 27.3. The number of benzene rings is 8. The predicted octanol–water partition coefficient (Wildman–Crippen LogP) is 13.6. The van der Waals surface area contributed by atoms with Crippen molar-refractivity contribution in [2.75, 3.05) is 76.0 Å². The van der Waals surface area contributed by atoms with E-state index in [2.05, 4.69) is 246 Å². The first-order valence-electron chi connectivity index (χ1n) is 21.5. The van der Waals surface area contributed by atoms with Gasteiger partial charge >= 0.3 is 0 Å². The third-order valence-corrected chi connectivity index (χ3v) is 12.9. The van der Waals surface area contributed by atoms with Crippen LogP contribution in [-0.2, 0) is 0 Å². The van der Waals surface area contributed by atoms with E-state index in [-0.39, 0.29) is 0 Å². The summed E-state index contributed by atoms with van der Waals surface area (Å²) in [6.07, 6.45) is 0. The van der Waals surface area contributed by atoms with Crippen LogP contribution in [0.2, 0.25) is 0 Å². The third-order valence-electron chi connectivity index (χ3n) is 12.9. The highest BCUT2D eigenvalue weighted by Gasteiger charge is 2.37. The van der Waals surface area contributed by atoms with E-state index in [1.807, 2.05) is 0 Å². The molecule has 0 aromatic heterocycles. The zero-order valence-electron chi connectivity index (χ0n) is 37.0. The normalized spacial score (nSPS) is 12.1. The van der Waals surface area contributed by atoms with Crippen molar-refractivity contribution in [3.63, 3.8) is 0 Å². The molecule has 0 fully saturated rings. The van der Waals surface area contributed by atoms with Crippen molar-refractivity contribution in [1.29, 1.82) is 0 Å². The maximum Gasteiger partial charge on any atom is 0.0361 e. The molecule has 8 aromatic carbocycles. The lowest BCUT2D eigenvalue weighted by Crippen LogP contribution is -2.08. The number of hydrogen-bond donors (Lipinski definition) is 0. The largest absolute Gasteiger partial charge is 0.378 e. The summed E-state index contributed by atoms with van der Waals surface area (Å²) >= 11 is 0. The minimum absolute atomic E-state index is 1.18. The highest BCUT2D eigenvalue weighted by atomic mass is 15.1. The van der Waals surface area contributed by atoms with Gasteiger partial charge in [-0.3, -0.25) is 0 Å². The van der Waals surface area contributed by atoms with Crippen molar-refractivity contribution in [1.82, 2.24) is 0 Å². The third kappa shape index (κ3) is 6.37. The summed E-state index contributed by atoms with van der Waals surface area (Å²) in [5, 5.41) is 0. The Morgan fingerprint density at radius 1 is 0.210 bits per heavy atom. The van der Waals surface area contributed by atoms with Crippen LogP contribution in [-0.4, -0.2) is 56.4 Å². The van der Waals surface area contributed by atoms with Gasteiger partial charge in [0.1, 0.15) is 0 Å². The van der Waals surface area contributed by atoms with Gasteiger partial charge < -0.3 is 19.6 Å². The fourth-order valence-corrected chi connectivity index (χ4v) is 9.67. The van der Waals surface area contributed by atoms with Gasteiger partial charge in [-0.25, -0.2) is 0 Å². The molecule has 62 heavy (non-hydrogen) atoms. The first-order valence-corrected chi connectivity index (χ1v) is 21.5. The minimum Gasteiger partial charge on any atom is -0.378 e. The molecule has 0 aliphatic heterocycles. The van der Waals surface area contributed by atoms with Crippen molar-refractivity contribution in [3.8, 4) is 66.8 Å². The number of anilines is 4. The Kier molecular flexibility index (Phi) is 9.60. The number of hydrogen-bond acceptors (Lipinski definition) is 4. The molecule has 10 rings (SSSR count). The van der Waals surface area contributed by atoms with Gasteiger partial charge in [-0.1, -0.05) is 121 Å². The first kappa shape index (κ1) is 38.9. The summed E-state index contributed by atoms with van der Waals surface area (Å²) < 4.78 is 0. The summed E-state index contributed by atoms with van der Waals surface area (Å²) in [6, 6.07) is 63.9. The van der Waals surface area contributed by atoms with Crippen LogP contribution in [0.5, 0.6) is 0 Å². The average Bonchev–Trinajstić information content (AvgIpc) is 3.81. The van der Waals surface area contributed by atoms with E-state index in [0.29, 0.717) is 0 Å². The summed E-state index contributed by atoms with van der Waals surface area (Å²) in [4.78, 5) is 8.66. The molecule has 0 saturated heterocycles. The van der Waals surface area contributed by atoms with E-state index < -0.39 is 0 Å². The lowest BCUT2D eigenvalue weighted by Gasteiger charge is -2.17. The molecule has 0 radical (unpaired) electrons.